The molecule has 0 aromatic rings. The van der Waals surface area contributed by atoms with Gasteiger partial charge in [-0.15, -0.1) is 17.8 Å². The fraction of sp³-hybridized carbons (Fsp3) is 0.818. The Bertz CT molecular complexity index is 243. The monoisotopic (exact) mass is 214 g/mol. The summed E-state index contributed by atoms with van der Waals surface area (Å²) < 4.78 is 2.38. The number of nitrogens with two attached hydrogens (primary N) is 1. The third-order valence-electron chi connectivity index (χ3n) is 4.18. The van der Waals surface area contributed by atoms with Crippen LogP contribution in [0.5, 0.6) is 0 Å². The van der Waals surface area contributed by atoms with E-state index in [1.54, 1.807) is 0 Å². The van der Waals surface area contributed by atoms with Gasteiger partial charge in [0.2, 0.25) is 0 Å². The highest BCUT2D eigenvalue weighted by Gasteiger charge is 2.59. The average Bonchev–Trinajstić information content (AvgIpc) is 2.88. The Kier molecular flexibility index (Phi) is 2.66. The van der Waals surface area contributed by atoms with Crippen LogP contribution in [0, 0.1) is 11.3 Å². The van der Waals surface area contributed by atoms with Crippen LogP contribution in [0.25, 0.3) is 0 Å². The van der Waals surface area contributed by atoms with Crippen LogP contribution in [0.15, 0.2) is 12.7 Å². The molecule has 1 heterocycles. The predicted molar refractivity (Wildman–Crippen MR) is 65.2 cm³/mol. The first kappa shape index (κ1) is 10.5. The lowest BCUT2D eigenvalue weighted by molar-refractivity contribution is 0.311. The van der Waals surface area contributed by atoms with Gasteiger partial charge in [0.15, 0.2) is 0 Å². The summed E-state index contributed by atoms with van der Waals surface area (Å²) >= 11 is -0.368. The fourth-order valence-electron chi connectivity index (χ4n) is 2.90. The number of hydrogen-bond donors (Lipinski definition) is 2. The molecule has 4 atom stereocenters. The van der Waals surface area contributed by atoms with Crippen molar-refractivity contribution < 1.29 is 0 Å². The summed E-state index contributed by atoms with van der Waals surface area (Å²) in [7, 11) is 2.18. The molecule has 2 N–H and O–H groups in total. The molecule has 3 unspecified atom stereocenters. The van der Waals surface area contributed by atoms with Crippen LogP contribution in [0.3, 0.4) is 0 Å². The van der Waals surface area contributed by atoms with Gasteiger partial charge in [0.1, 0.15) is 0 Å². The molecule has 0 aromatic heterocycles. The Morgan fingerprint density at radius 2 is 2.43 bits per heavy atom. The first-order valence-corrected chi connectivity index (χ1v) is 6.91. The molecule has 82 valence electrons. The number of rotatable bonds is 2. The minimum absolute atomic E-state index is 0.368. The van der Waals surface area contributed by atoms with E-state index in [2.05, 4.69) is 30.9 Å². The van der Waals surface area contributed by atoms with Crippen LogP contribution >= 0.6 is 11.3 Å². The van der Waals surface area contributed by atoms with E-state index < -0.39 is 0 Å². The highest BCUT2D eigenvalue weighted by Crippen LogP contribution is 2.66. The molecule has 1 aliphatic heterocycles. The van der Waals surface area contributed by atoms with Gasteiger partial charge in [0.05, 0.1) is 0 Å². The Morgan fingerprint density at radius 1 is 1.71 bits per heavy atom. The van der Waals surface area contributed by atoms with E-state index >= 15 is 0 Å². The van der Waals surface area contributed by atoms with Crippen molar-refractivity contribution in [3.05, 3.63) is 12.7 Å². The van der Waals surface area contributed by atoms with Gasteiger partial charge in [-0.1, -0.05) is 13.0 Å². The number of fused-ring (bicyclic) bond motifs is 1. The zero-order valence-electron chi connectivity index (χ0n) is 9.24. The molecule has 0 amide bonds. The first-order valence-electron chi connectivity index (χ1n) is 5.47. The maximum absolute atomic E-state index is 6.30. The van der Waals surface area contributed by atoms with Crippen LogP contribution in [0.2, 0.25) is 0 Å². The molecule has 2 nitrogen and oxygen atoms in total. The average molecular weight is 214 g/mol. The van der Waals surface area contributed by atoms with E-state index in [4.69, 9.17) is 5.14 Å². The third-order valence-corrected chi connectivity index (χ3v) is 6.51. The molecule has 2 fully saturated rings. The Balaban J connectivity index is 2.16. The van der Waals surface area contributed by atoms with Crippen molar-refractivity contribution in [3.8, 4) is 0 Å². The number of allylic oxidation sites excluding steroid dienone is 1. The van der Waals surface area contributed by atoms with Crippen LogP contribution in [-0.4, -0.2) is 23.1 Å². The van der Waals surface area contributed by atoms with Gasteiger partial charge in [-0.05, 0) is 37.6 Å². The molecule has 1 saturated heterocycles. The molecule has 0 aromatic carbocycles. The quantitative estimate of drug-likeness (QED) is 0.544. The molecular weight excluding hydrogens is 192 g/mol. The van der Waals surface area contributed by atoms with Gasteiger partial charge in [-0.3, -0.25) is 9.44 Å². The highest BCUT2D eigenvalue weighted by molar-refractivity contribution is 8.13. The van der Waals surface area contributed by atoms with Gasteiger partial charge in [-0.2, -0.15) is 0 Å². The number of nitrogens with zero attached hydrogens (tertiary/aromatic N) is 1. The summed E-state index contributed by atoms with van der Waals surface area (Å²) in [6, 6.07) is 0. The lowest BCUT2D eigenvalue weighted by Crippen LogP contribution is -2.22. The summed E-state index contributed by atoms with van der Waals surface area (Å²) in [5.41, 5.74) is 0.535. The van der Waals surface area contributed by atoms with Crippen molar-refractivity contribution >= 4 is 11.3 Å². The molecule has 0 bridgehead atoms. The summed E-state index contributed by atoms with van der Waals surface area (Å²) in [5.74, 6) is 0.823. The van der Waals surface area contributed by atoms with Crippen LogP contribution in [0.1, 0.15) is 26.2 Å². The second kappa shape index (κ2) is 3.54. The van der Waals surface area contributed by atoms with Crippen LogP contribution < -0.4 is 5.14 Å². The largest absolute Gasteiger partial charge is 0.285 e. The van der Waals surface area contributed by atoms with Crippen molar-refractivity contribution in [2.24, 2.45) is 16.5 Å². The van der Waals surface area contributed by atoms with Crippen molar-refractivity contribution in [2.45, 2.75) is 31.4 Å². The fourth-order valence-corrected chi connectivity index (χ4v) is 5.13. The molecule has 2 rings (SSSR count). The lowest BCUT2D eigenvalue weighted by atomic mass is 9.85. The van der Waals surface area contributed by atoms with E-state index in [0.717, 1.165) is 11.2 Å². The first-order chi connectivity index (χ1) is 6.62. The van der Waals surface area contributed by atoms with Crippen molar-refractivity contribution in [1.29, 1.82) is 0 Å². The van der Waals surface area contributed by atoms with Gasteiger partial charge in [0.25, 0.3) is 0 Å². The molecular formula is C11H22N2S. The standard InChI is InChI=1S/C11H22N2S/c1-4-6-11-8-10(11)14(12)13(3)7-5-9(11)2/h4,9-10,14H,1,5-8,12H2,2-3H3/t9?,10?,11-/m0/s1. The molecule has 0 spiro atoms. The van der Waals surface area contributed by atoms with Gasteiger partial charge in [-0.25, -0.2) is 0 Å². The Labute approximate surface area is 90.1 Å². The molecule has 14 heavy (non-hydrogen) atoms. The highest BCUT2D eigenvalue weighted by atomic mass is 32.2. The Hall–Kier alpha value is 0.01000. The van der Waals surface area contributed by atoms with E-state index in [0.29, 0.717) is 5.41 Å². The van der Waals surface area contributed by atoms with E-state index in [-0.39, 0.29) is 11.3 Å². The molecule has 1 saturated carbocycles. The third kappa shape index (κ3) is 1.42. The van der Waals surface area contributed by atoms with Gasteiger partial charge >= 0.3 is 0 Å². The smallest absolute Gasteiger partial charge is 0.0169 e. The lowest BCUT2D eigenvalue weighted by Gasteiger charge is -2.27. The van der Waals surface area contributed by atoms with E-state index in [1.165, 1.54) is 25.8 Å². The predicted octanol–water partition coefficient (Wildman–Crippen LogP) is 2.08. The number of hydrogen-bond acceptors (Lipinski definition) is 2. The zero-order chi connectivity index (χ0) is 10.3. The molecule has 3 heteroatoms. The van der Waals surface area contributed by atoms with Gasteiger partial charge < -0.3 is 0 Å². The van der Waals surface area contributed by atoms with Crippen LogP contribution in [0.4, 0.5) is 0 Å². The maximum Gasteiger partial charge on any atom is 0.0169 e. The maximum atomic E-state index is 6.30. The summed E-state index contributed by atoms with van der Waals surface area (Å²) in [6.07, 6.45) is 5.90. The van der Waals surface area contributed by atoms with Crippen molar-refractivity contribution in [2.75, 3.05) is 13.6 Å². The zero-order valence-corrected chi connectivity index (χ0v) is 10.1. The van der Waals surface area contributed by atoms with E-state index in [1.807, 2.05) is 0 Å². The SMILES string of the molecule is C=CC[C@@]12CC1[SH](N)N(C)CCC2C. The second-order valence-electron chi connectivity index (χ2n) is 4.90. The summed E-state index contributed by atoms with van der Waals surface area (Å²) in [5, 5.41) is 7.07. The minimum Gasteiger partial charge on any atom is -0.285 e. The minimum atomic E-state index is -0.368. The molecule has 0 radical (unpaired) electrons. The topological polar surface area (TPSA) is 29.3 Å². The molecule has 2 aliphatic rings. The normalized spacial score (nSPS) is 50.6. The number of thiol groups is 1. The van der Waals surface area contributed by atoms with Gasteiger partial charge in [0, 0.05) is 11.8 Å². The van der Waals surface area contributed by atoms with Crippen molar-refractivity contribution in [3.63, 3.8) is 0 Å². The molecule has 1 aliphatic carbocycles. The second-order valence-corrected chi connectivity index (χ2v) is 6.96. The van der Waals surface area contributed by atoms with E-state index in [9.17, 15) is 0 Å². The summed E-state index contributed by atoms with van der Waals surface area (Å²) in [4.78, 5) is 0. The summed E-state index contributed by atoms with van der Waals surface area (Å²) in [6.45, 7) is 7.46. The van der Waals surface area contributed by atoms with Crippen LogP contribution in [-0.2, 0) is 0 Å². The van der Waals surface area contributed by atoms with Crippen molar-refractivity contribution in [1.82, 2.24) is 4.31 Å². The Morgan fingerprint density at radius 3 is 3.07 bits per heavy atom.